The van der Waals surface area contributed by atoms with Crippen LogP contribution in [0, 0.1) is 5.92 Å². The summed E-state index contributed by atoms with van der Waals surface area (Å²) in [5.41, 5.74) is 1.18. The van der Waals surface area contributed by atoms with Gasteiger partial charge in [0, 0.05) is 31.2 Å². The molecular formula is C15H21NO2S. The molecule has 2 fully saturated rings. The largest absolute Gasteiger partial charge is 0.392 e. The van der Waals surface area contributed by atoms with Gasteiger partial charge in [0.25, 0.3) is 0 Å². The number of aliphatic hydroxyl groups excluding tert-OH is 1. The van der Waals surface area contributed by atoms with Gasteiger partial charge in [-0.3, -0.25) is 4.98 Å². The van der Waals surface area contributed by atoms with Gasteiger partial charge in [0.2, 0.25) is 0 Å². The van der Waals surface area contributed by atoms with Crippen LogP contribution in [0.1, 0.15) is 24.8 Å². The highest BCUT2D eigenvalue weighted by Crippen LogP contribution is 2.41. The molecule has 3 atom stereocenters. The van der Waals surface area contributed by atoms with Crippen LogP contribution < -0.4 is 0 Å². The average molecular weight is 279 g/mol. The summed E-state index contributed by atoms with van der Waals surface area (Å²) < 4.78 is 6.01. The van der Waals surface area contributed by atoms with E-state index in [2.05, 4.69) is 4.98 Å². The zero-order valence-electron chi connectivity index (χ0n) is 11.1. The fraction of sp³-hybridized carbons (Fsp3) is 0.667. The third-order valence-electron chi connectivity index (χ3n) is 4.31. The Morgan fingerprint density at radius 2 is 2.53 bits per heavy atom. The molecule has 0 bridgehead atoms. The van der Waals surface area contributed by atoms with Gasteiger partial charge in [0.15, 0.2) is 0 Å². The molecule has 3 unspecified atom stereocenters. The zero-order chi connectivity index (χ0) is 13.1. The zero-order valence-corrected chi connectivity index (χ0v) is 11.9. The Balaban J connectivity index is 1.61. The van der Waals surface area contributed by atoms with Crippen molar-refractivity contribution in [2.45, 2.75) is 37.4 Å². The summed E-state index contributed by atoms with van der Waals surface area (Å²) in [6.45, 7) is 0.801. The van der Waals surface area contributed by atoms with Crippen LogP contribution in [-0.2, 0) is 11.2 Å². The number of nitrogens with zero attached hydrogens (tertiary/aromatic N) is 1. The molecule has 0 aliphatic carbocycles. The molecule has 2 aliphatic rings. The molecule has 1 spiro atoms. The van der Waals surface area contributed by atoms with E-state index in [0.717, 1.165) is 37.2 Å². The number of hydrogen-bond donors (Lipinski definition) is 1. The van der Waals surface area contributed by atoms with E-state index in [-0.39, 0.29) is 11.7 Å². The number of aliphatic hydroxyl groups is 1. The molecule has 1 aromatic heterocycles. The minimum atomic E-state index is -0.268. The minimum absolute atomic E-state index is 0.0590. The van der Waals surface area contributed by atoms with Crippen molar-refractivity contribution >= 4 is 11.8 Å². The molecule has 0 aromatic carbocycles. The molecule has 4 heteroatoms. The van der Waals surface area contributed by atoms with E-state index in [1.165, 1.54) is 5.75 Å². The second kappa shape index (κ2) is 5.81. The Morgan fingerprint density at radius 3 is 3.26 bits per heavy atom. The molecule has 2 aliphatic heterocycles. The number of rotatable bonds is 3. The van der Waals surface area contributed by atoms with Crippen molar-refractivity contribution in [1.29, 1.82) is 0 Å². The van der Waals surface area contributed by atoms with Crippen LogP contribution in [0.4, 0.5) is 0 Å². The SMILES string of the molecule is OC(Cc1cccnc1)C1CCOC2(CCSC2)C1. The summed E-state index contributed by atoms with van der Waals surface area (Å²) in [5.74, 6) is 2.67. The molecule has 3 heterocycles. The van der Waals surface area contributed by atoms with Crippen LogP contribution in [0.2, 0.25) is 0 Å². The molecule has 3 rings (SSSR count). The van der Waals surface area contributed by atoms with Crippen molar-refractivity contribution in [3.8, 4) is 0 Å². The summed E-state index contributed by atoms with van der Waals surface area (Å²) in [5, 5.41) is 10.5. The maximum absolute atomic E-state index is 10.5. The molecule has 0 amide bonds. The van der Waals surface area contributed by atoms with Crippen molar-refractivity contribution in [2.75, 3.05) is 18.1 Å². The predicted molar refractivity (Wildman–Crippen MR) is 77.3 cm³/mol. The van der Waals surface area contributed by atoms with Crippen LogP contribution in [0.5, 0.6) is 0 Å². The van der Waals surface area contributed by atoms with Crippen molar-refractivity contribution in [1.82, 2.24) is 4.98 Å². The van der Waals surface area contributed by atoms with Gasteiger partial charge >= 0.3 is 0 Å². The van der Waals surface area contributed by atoms with Gasteiger partial charge in [-0.2, -0.15) is 11.8 Å². The van der Waals surface area contributed by atoms with Gasteiger partial charge in [-0.1, -0.05) is 6.07 Å². The third-order valence-corrected chi connectivity index (χ3v) is 5.53. The highest BCUT2D eigenvalue weighted by Gasteiger charge is 2.42. The van der Waals surface area contributed by atoms with Crippen molar-refractivity contribution in [3.63, 3.8) is 0 Å². The van der Waals surface area contributed by atoms with Crippen LogP contribution in [0.3, 0.4) is 0 Å². The van der Waals surface area contributed by atoms with Crippen LogP contribution in [0.25, 0.3) is 0 Å². The Labute approximate surface area is 118 Å². The van der Waals surface area contributed by atoms with Crippen molar-refractivity contribution in [3.05, 3.63) is 30.1 Å². The van der Waals surface area contributed by atoms with E-state index in [0.29, 0.717) is 12.3 Å². The van der Waals surface area contributed by atoms with Crippen LogP contribution in [-0.4, -0.2) is 39.9 Å². The second-order valence-electron chi connectivity index (χ2n) is 5.72. The first-order valence-electron chi connectivity index (χ1n) is 7.06. The first-order chi connectivity index (χ1) is 9.27. The highest BCUT2D eigenvalue weighted by atomic mass is 32.2. The lowest BCUT2D eigenvalue weighted by Gasteiger charge is -2.39. The van der Waals surface area contributed by atoms with E-state index < -0.39 is 0 Å². The van der Waals surface area contributed by atoms with Crippen molar-refractivity contribution in [2.24, 2.45) is 5.92 Å². The maximum Gasteiger partial charge on any atom is 0.0783 e. The minimum Gasteiger partial charge on any atom is -0.392 e. The summed E-state index contributed by atoms with van der Waals surface area (Å²) >= 11 is 1.98. The standard InChI is InChI=1S/C15H21NO2S/c17-14(8-12-2-1-5-16-10-12)13-3-6-18-15(9-13)4-7-19-11-15/h1-2,5,10,13-14,17H,3-4,6-9,11H2. The lowest BCUT2D eigenvalue weighted by molar-refractivity contribution is -0.101. The molecule has 3 nitrogen and oxygen atoms in total. The molecule has 104 valence electrons. The van der Waals surface area contributed by atoms with E-state index in [9.17, 15) is 5.11 Å². The fourth-order valence-electron chi connectivity index (χ4n) is 3.18. The van der Waals surface area contributed by atoms with Gasteiger partial charge in [0.1, 0.15) is 0 Å². The first-order valence-corrected chi connectivity index (χ1v) is 8.22. The fourth-order valence-corrected chi connectivity index (χ4v) is 4.56. The van der Waals surface area contributed by atoms with Crippen molar-refractivity contribution < 1.29 is 9.84 Å². The van der Waals surface area contributed by atoms with Crippen LogP contribution in [0.15, 0.2) is 24.5 Å². The number of aromatic nitrogens is 1. The lowest BCUT2D eigenvalue weighted by Crippen LogP contribution is -2.43. The van der Waals surface area contributed by atoms with Gasteiger partial charge in [-0.05, 0) is 42.6 Å². The van der Waals surface area contributed by atoms with Crippen LogP contribution >= 0.6 is 11.8 Å². The second-order valence-corrected chi connectivity index (χ2v) is 6.82. The third kappa shape index (κ3) is 3.12. The highest BCUT2D eigenvalue weighted by molar-refractivity contribution is 7.99. The number of pyridine rings is 1. The van der Waals surface area contributed by atoms with Gasteiger partial charge < -0.3 is 9.84 Å². The average Bonchev–Trinajstić information content (AvgIpc) is 2.88. The molecular weight excluding hydrogens is 258 g/mol. The van der Waals surface area contributed by atoms with Gasteiger partial charge in [-0.15, -0.1) is 0 Å². The molecule has 19 heavy (non-hydrogen) atoms. The smallest absolute Gasteiger partial charge is 0.0783 e. The number of hydrogen-bond acceptors (Lipinski definition) is 4. The van der Waals surface area contributed by atoms with Gasteiger partial charge in [-0.25, -0.2) is 0 Å². The Hall–Kier alpha value is -0.580. The van der Waals surface area contributed by atoms with E-state index in [1.807, 2.05) is 30.1 Å². The molecule has 1 aromatic rings. The quantitative estimate of drug-likeness (QED) is 0.922. The normalized spacial score (nSPS) is 32.6. The van der Waals surface area contributed by atoms with Gasteiger partial charge in [0.05, 0.1) is 11.7 Å². The first kappa shape index (κ1) is 13.4. The van der Waals surface area contributed by atoms with E-state index in [1.54, 1.807) is 6.20 Å². The molecule has 0 radical (unpaired) electrons. The molecule has 1 N–H and O–H groups in total. The lowest BCUT2D eigenvalue weighted by atomic mass is 9.81. The Morgan fingerprint density at radius 1 is 1.58 bits per heavy atom. The Bertz CT molecular complexity index is 406. The summed E-state index contributed by atoms with van der Waals surface area (Å²) in [4.78, 5) is 4.11. The summed E-state index contributed by atoms with van der Waals surface area (Å²) in [7, 11) is 0. The summed E-state index contributed by atoms with van der Waals surface area (Å²) in [6, 6.07) is 3.97. The maximum atomic E-state index is 10.5. The monoisotopic (exact) mass is 279 g/mol. The topological polar surface area (TPSA) is 42.4 Å². The molecule has 2 saturated heterocycles. The summed E-state index contributed by atoms with van der Waals surface area (Å²) in [6.07, 6.45) is 7.21. The van der Waals surface area contributed by atoms with E-state index >= 15 is 0 Å². The number of ether oxygens (including phenoxy) is 1. The molecule has 0 saturated carbocycles. The number of thioether (sulfide) groups is 1. The van der Waals surface area contributed by atoms with E-state index in [4.69, 9.17) is 4.74 Å². The Kier molecular flexibility index (Phi) is 4.10. The predicted octanol–water partition coefficient (Wildman–Crippen LogP) is 2.29.